The number of rotatable bonds is 8. The first-order valence-corrected chi connectivity index (χ1v) is 11.0. The molecule has 2 aromatic carbocycles. The molecule has 0 aliphatic heterocycles. The summed E-state index contributed by atoms with van der Waals surface area (Å²) in [6.07, 6.45) is 1.71. The summed E-state index contributed by atoms with van der Waals surface area (Å²) in [7, 11) is -3.80. The van der Waals surface area contributed by atoms with E-state index in [1.165, 1.54) is 25.1 Å². The topological polar surface area (TPSA) is 66.5 Å². The predicted molar refractivity (Wildman–Crippen MR) is 110 cm³/mol. The third kappa shape index (κ3) is 5.79. The van der Waals surface area contributed by atoms with Gasteiger partial charge in [-0.25, -0.2) is 12.8 Å². The number of carbonyl (C=O) groups excluding carboxylic acids is 1. The van der Waals surface area contributed by atoms with E-state index in [1.807, 2.05) is 30.3 Å². The molecule has 152 valence electrons. The first kappa shape index (κ1) is 21.9. The minimum absolute atomic E-state index is 0.116. The van der Waals surface area contributed by atoms with Gasteiger partial charge in [0.15, 0.2) is 0 Å². The van der Waals surface area contributed by atoms with Gasteiger partial charge < -0.3 is 5.32 Å². The molecule has 2 rings (SSSR count). The molecule has 0 unspecified atom stereocenters. The number of benzene rings is 2. The van der Waals surface area contributed by atoms with E-state index < -0.39 is 27.8 Å². The van der Waals surface area contributed by atoms with Crippen LogP contribution in [0.25, 0.3) is 0 Å². The summed E-state index contributed by atoms with van der Waals surface area (Å²) in [5, 5.41) is 2.96. The standard InChI is InChI=1S/C21H27FN2O3S/c1-15(2)13-20(17-9-6-5-7-10-17)23-21(25)16(3)24(28(4,26)27)19-12-8-11-18(22)14-19/h5-12,14-16,20H,13H2,1-4H3,(H,23,25)/t16-,20-/m0/s1. The van der Waals surface area contributed by atoms with Gasteiger partial charge in [-0.1, -0.05) is 50.2 Å². The second-order valence-corrected chi connectivity index (χ2v) is 9.18. The van der Waals surface area contributed by atoms with Gasteiger partial charge in [-0.05, 0) is 43.0 Å². The van der Waals surface area contributed by atoms with Crippen molar-refractivity contribution in [3.63, 3.8) is 0 Å². The summed E-state index contributed by atoms with van der Waals surface area (Å²) >= 11 is 0. The van der Waals surface area contributed by atoms with Crippen LogP contribution in [0.15, 0.2) is 54.6 Å². The lowest BCUT2D eigenvalue weighted by molar-refractivity contribution is -0.122. The Balaban J connectivity index is 2.30. The minimum atomic E-state index is -3.80. The zero-order valence-corrected chi connectivity index (χ0v) is 17.4. The molecule has 0 heterocycles. The van der Waals surface area contributed by atoms with Crippen LogP contribution in [0.4, 0.5) is 10.1 Å². The average molecular weight is 407 g/mol. The highest BCUT2D eigenvalue weighted by Crippen LogP contribution is 2.24. The highest BCUT2D eigenvalue weighted by Gasteiger charge is 2.30. The van der Waals surface area contributed by atoms with Gasteiger partial charge in [-0.2, -0.15) is 0 Å². The van der Waals surface area contributed by atoms with Gasteiger partial charge in [0.2, 0.25) is 15.9 Å². The molecule has 0 fully saturated rings. The smallest absolute Gasteiger partial charge is 0.244 e. The largest absolute Gasteiger partial charge is 0.347 e. The molecule has 0 spiro atoms. The van der Waals surface area contributed by atoms with Crippen LogP contribution in [0.1, 0.15) is 38.8 Å². The number of nitrogens with zero attached hydrogens (tertiary/aromatic N) is 1. The molecule has 2 aromatic rings. The third-order valence-corrected chi connectivity index (χ3v) is 5.62. The van der Waals surface area contributed by atoms with Crippen LogP contribution in [-0.4, -0.2) is 26.6 Å². The normalized spacial score (nSPS) is 13.8. The van der Waals surface area contributed by atoms with E-state index in [9.17, 15) is 17.6 Å². The molecule has 0 aliphatic rings. The van der Waals surface area contributed by atoms with Gasteiger partial charge in [-0.3, -0.25) is 9.10 Å². The quantitative estimate of drug-likeness (QED) is 0.723. The molecule has 7 heteroatoms. The summed E-state index contributed by atoms with van der Waals surface area (Å²) < 4.78 is 39.3. The van der Waals surface area contributed by atoms with E-state index in [1.54, 1.807) is 0 Å². The number of hydrogen-bond acceptors (Lipinski definition) is 3. The Bertz CT molecular complexity index is 901. The molecule has 1 amide bonds. The first-order chi connectivity index (χ1) is 13.1. The second kappa shape index (κ2) is 9.19. The van der Waals surface area contributed by atoms with Crippen molar-refractivity contribution >= 4 is 21.6 Å². The van der Waals surface area contributed by atoms with E-state index in [-0.39, 0.29) is 11.7 Å². The van der Waals surface area contributed by atoms with Crippen molar-refractivity contribution in [1.29, 1.82) is 0 Å². The molecule has 2 atom stereocenters. The fourth-order valence-corrected chi connectivity index (χ4v) is 4.32. The van der Waals surface area contributed by atoms with E-state index in [0.717, 1.165) is 22.2 Å². The van der Waals surface area contributed by atoms with Gasteiger partial charge in [0, 0.05) is 0 Å². The molecular weight excluding hydrogens is 379 g/mol. The zero-order chi connectivity index (χ0) is 20.9. The van der Waals surface area contributed by atoms with Crippen molar-refractivity contribution in [2.24, 2.45) is 5.92 Å². The SMILES string of the molecule is CC(C)C[C@H](NC(=O)[C@H](C)N(c1cccc(F)c1)S(C)(=O)=O)c1ccccc1. The van der Waals surface area contributed by atoms with Gasteiger partial charge in [0.05, 0.1) is 18.0 Å². The number of anilines is 1. The third-order valence-electron chi connectivity index (χ3n) is 4.38. The molecule has 28 heavy (non-hydrogen) atoms. The minimum Gasteiger partial charge on any atom is -0.347 e. The van der Waals surface area contributed by atoms with Gasteiger partial charge >= 0.3 is 0 Å². The molecule has 0 aliphatic carbocycles. The van der Waals surface area contributed by atoms with Crippen LogP contribution in [0.2, 0.25) is 0 Å². The lowest BCUT2D eigenvalue weighted by atomic mass is 9.96. The van der Waals surface area contributed by atoms with Gasteiger partial charge in [-0.15, -0.1) is 0 Å². The Morgan fingerprint density at radius 3 is 2.25 bits per heavy atom. The fourth-order valence-electron chi connectivity index (χ4n) is 3.15. The van der Waals surface area contributed by atoms with Crippen LogP contribution in [-0.2, 0) is 14.8 Å². The van der Waals surface area contributed by atoms with Crippen LogP contribution >= 0.6 is 0 Å². The number of hydrogen-bond donors (Lipinski definition) is 1. The van der Waals surface area contributed by atoms with E-state index in [4.69, 9.17) is 0 Å². The summed E-state index contributed by atoms with van der Waals surface area (Å²) in [6, 6.07) is 13.5. The van der Waals surface area contributed by atoms with Crippen molar-refractivity contribution in [2.75, 3.05) is 10.6 Å². The summed E-state index contributed by atoms with van der Waals surface area (Å²) in [5.74, 6) is -0.681. The highest BCUT2D eigenvalue weighted by molar-refractivity contribution is 7.92. The maximum atomic E-state index is 13.6. The van der Waals surface area contributed by atoms with E-state index in [2.05, 4.69) is 19.2 Å². The van der Waals surface area contributed by atoms with Crippen molar-refractivity contribution < 1.29 is 17.6 Å². The molecule has 0 saturated carbocycles. The Hall–Kier alpha value is -2.41. The van der Waals surface area contributed by atoms with Crippen molar-refractivity contribution in [3.05, 3.63) is 66.0 Å². The van der Waals surface area contributed by atoms with Gasteiger partial charge in [0.1, 0.15) is 11.9 Å². The van der Waals surface area contributed by atoms with E-state index >= 15 is 0 Å². The lowest BCUT2D eigenvalue weighted by Gasteiger charge is -2.30. The van der Waals surface area contributed by atoms with Crippen molar-refractivity contribution in [1.82, 2.24) is 5.32 Å². The molecular formula is C21H27FN2O3S. The zero-order valence-electron chi connectivity index (χ0n) is 16.6. The molecule has 0 bridgehead atoms. The van der Waals surface area contributed by atoms with Crippen LogP contribution in [0.3, 0.4) is 0 Å². The maximum absolute atomic E-state index is 13.6. The summed E-state index contributed by atoms with van der Waals surface area (Å²) in [6.45, 7) is 5.61. The first-order valence-electron chi connectivity index (χ1n) is 9.20. The van der Waals surface area contributed by atoms with E-state index in [0.29, 0.717) is 12.3 Å². The lowest BCUT2D eigenvalue weighted by Crippen LogP contribution is -2.48. The highest BCUT2D eigenvalue weighted by atomic mass is 32.2. The predicted octanol–water partition coefficient (Wildman–Crippen LogP) is 3.88. The summed E-state index contributed by atoms with van der Waals surface area (Å²) in [4.78, 5) is 12.9. The second-order valence-electron chi connectivity index (χ2n) is 7.32. The molecule has 0 aromatic heterocycles. The number of sulfonamides is 1. The fraction of sp³-hybridized carbons (Fsp3) is 0.381. The van der Waals surface area contributed by atoms with Crippen LogP contribution < -0.4 is 9.62 Å². The van der Waals surface area contributed by atoms with Crippen LogP contribution in [0.5, 0.6) is 0 Å². The van der Waals surface area contributed by atoms with Gasteiger partial charge in [0.25, 0.3) is 0 Å². The maximum Gasteiger partial charge on any atom is 0.244 e. The molecule has 0 saturated heterocycles. The average Bonchev–Trinajstić information content (AvgIpc) is 2.60. The Labute approximate surface area is 166 Å². The summed E-state index contributed by atoms with van der Waals surface area (Å²) in [5.41, 5.74) is 1.07. The molecule has 5 nitrogen and oxygen atoms in total. The number of halogens is 1. The molecule has 0 radical (unpaired) electrons. The Morgan fingerprint density at radius 2 is 1.71 bits per heavy atom. The number of nitrogens with one attached hydrogen (secondary N) is 1. The van der Waals surface area contributed by atoms with Crippen LogP contribution in [0, 0.1) is 11.7 Å². The number of carbonyl (C=O) groups is 1. The van der Waals surface area contributed by atoms with Crippen molar-refractivity contribution in [3.8, 4) is 0 Å². The Morgan fingerprint density at radius 1 is 1.07 bits per heavy atom. The Kier molecular flexibility index (Phi) is 7.18. The number of amides is 1. The molecule has 1 N–H and O–H groups in total. The van der Waals surface area contributed by atoms with Crippen molar-refractivity contribution in [2.45, 2.75) is 39.3 Å². The monoisotopic (exact) mass is 406 g/mol.